The summed E-state index contributed by atoms with van der Waals surface area (Å²) >= 11 is 0. The molecule has 2 heterocycles. The predicted octanol–water partition coefficient (Wildman–Crippen LogP) is 2.55. The van der Waals surface area contributed by atoms with Crippen LogP contribution < -0.4 is 0 Å². The Hall–Kier alpha value is -2.77. The van der Waals surface area contributed by atoms with Gasteiger partial charge in [-0.3, -0.25) is 4.79 Å². The second kappa shape index (κ2) is 7.42. The van der Waals surface area contributed by atoms with Crippen LogP contribution in [0.15, 0.2) is 36.5 Å². The van der Waals surface area contributed by atoms with Crippen molar-refractivity contribution < 1.29 is 14.1 Å². The molecule has 0 radical (unpaired) electrons. The van der Waals surface area contributed by atoms with Gasteiger partial charge in [-0.2, -0.15) is 4.68 Å². The van der Waals surface area contributed by atoms with Crippen LogP contribution in [0.3, 0.4) is 0 Å². The highest BCUT2D eigenvalue weighted by molar-refractivity contribution is 5.76. The molecule has 1 aromatic carbocycles. The second-order valence-electron chi connectivity index (χ2n) is 6.20. The Kier molecular flexibility index (Phi) is 5.06. The standard InChI is InChI=1S/C17H19FN4O3/c18-14-6-4-13(5-7-14)11-15-3-1-2-9-21(15)17(23)12-20-10-8-16(19-20)22(24)25/h4-8,10,15H,1-3,9,11-12H2/t15-/m1/s1. The molecule has 1 fully saturated rings. The molecule has 1 aliphatic heterocycles. The van der Waals surface area contributed by atoms with E-state index in [4.69, 9.17) is 0 Å². The highest BCUT2D eigenvalue weighted by atomic mass is 19.1. The third-order valence-electron chi connectivity index (χ3n) is 4.44. The number of rotatable bonds is 5. The molecule has 25 heavy (non-hydrogen) atoms. The Morgan fingerprint density at radius 2 is 2.04 bits per heavy atom. The first-order valence-corrected chi connectivity index (χ1v) is 8.24. The van der Waals surface area contributed by atoms with Crippen molar-refractivity contribution in [1.29, 1.82) is 0 Å². The fraction of sp³-hybridized carbons (Fsp3) is 0.412. The average molecular weight is 346 g/mol. The van der Waals surface area contributed by atoms with Crippen LogP contribution in [0.2, 0.25) is 0 Å². The first-order chi connectivity index (χ1) is 12.0. The summed E-state index contributed by atoms with van der Waals surface area (Å²) in [5.74, 6) is -0.653. The first kappa shape index (κ1) is 17.1. The fourth-order valence-electron chi connectivity index (χ4n) is 3.20. The quantitative estimate of drug-likeness (QED) is 0.615. The van der Waals surface area contributed by atoms with E-state index in [9.17, 15) is 19.3 Å². The van der Waals surface area contributed by atoms with Gasteiger partial charge in [-0.15, -0.1) is 0 Å². The lowest BCUT2D eigenvalue weighted by Gasteiger charge is -2.35. The van der Waals surface area contributed by atoms with Gasteiger partial charge in [0.05, 0.1) is 17.4 Å². The van der Waals surface area contributed by atoms with Crippen LogP contribution in [-0.2, 0) is 17.8 Å². The average Bonchev–Trinajstić information content (AvgIpc) is 3.06. The zero-order valence-corrected chi connectivity index (χ0v) is 13.7. The fourth-order valence-corrected chi connectivity index (χ4v) is 3.20. The second-order valence-corrected chi connectivity index (χ2v) is 6.20. The molecular formula is C17H19FN4O3. The Morgan fingerprint density at radius 1 is 1.28 bits per heavy atom. The number of amides is 1. The van der Waals surface area contributed by atoms with Gasteiger partial charge in [0.15, 0.2) is 0 Å². The van der Waals surface area contributed by atoms with E-state index in [-0.39, 0.29) is 30.1 Å². The molecule has 132 valence electrons. The predicted molar refractivity (Wildman–Crippen MR) is 88.3 cm³/mol. The number of halogens is 1. The van der Waals surface area contributed by atoms with Gasteiger partial charge in [0.25, 0.3) is 0 Å². The van der Waals surface area contributed by atoms with Crippen molar-refractivity contribution in [1.82, 2.24) is 14.7 Å². The monoisotopic (exact) mass is 346 g/mol. The van der Waals surface area contributed by atoms with Crippen LogP contribution in [0.25, 0.3) is 0 Å². The largest absolute Gasteiger partial charge is 0.389 e. The van der Waals surface area contributed by atoms with E-state index >= 15 is 0 Å². The molecule has 1 saturated heterocycles. The van der Waals surface area contributed by atoms with E-state index in [0.717, 1.165) is 24.8 Å². The van der Waals surface area contributed by atoms with Crippen molar-refractivity contribution in [3.63, 3.8) is 0 Å². The van der Waals surface area contributed by atoms with Gasteiger partial charge < -0.3 is 15.0 Å². The van der Waals surface area contributed by atoms with Crippen LogP contribution in [0.4, 0.5) is 10.2 Å². The first-order valence-electron chi connectivity index (χ1n) is 8.24. The van der Waals surface area contributed by atoms with Gasteiger partial charge >= 0.3 is 5.82 Å². The normalized spacial score (nSPS) is 17.5. The lowest BCUT2D eigenvalue weighted by atomic mass is 9.95. The van der Waals surface area contributed by atoms with Gasteiger partial charge in [-0.1, -0.05) is 12.1 Å². The smallest absolute Gasteiger partial charge is 0.358 e. The lowest BCUT2D eigenvalue weighted by molar-refractivity contribution is -0.389. The van der Waals surface area contributed by atoms with E-state index in [2.05, 4.69) is 5.10 Å². The van der Waals surface area contributed by atoms with Crippen LogP contribution in [-0.4, -0.2) is 38.1 Å². The lowest BCUT2D eigenvalue weighted by Crippen LogP contribution is -2.46. The molecule has 0 saturated carbocycles. The van der Waals surface area contributed by atoms with E-state index in [1.807, 2.05) is 4.90 Å². The topological polar surface area (TPSA) is 81.3 Å². The summed E-state index contributed by atoms with van der Waals surface area (Å²) in [5.41, 5.74) is 0.987. The summed E-state index contributed by atoms with van der Waals surface area (Å²) in [6.45, 7) is 0.641. The highest BCUT2D eigenvalue weighted by Gasteiger charge is 2.27. The summed E-state index contributed by atoms with van der Waals surface area (Å²) in [4.78, 5) is 24.6. The molecule has 1 aromatic heterocycles. The Balaban J connectivity index is 1.67. The number of hydrogen-bond donors (Lipinski definition) is 0. The molecule has 1 aliphatic rings. The molecule has 0 N–H and O–H groups in total. The molecule has 2 aromatic rings. The molecule has 1 amide bonds. The maximum absolute atomic E-state index is 13.0. The maximum Gasteiger partial charge on any atom is 0.389 e. The van der Waals surface area contributed by atoms with Gasteiger partial charge in [-0.05, 0) is 48.3 Å². The van der Waals surface area contributed by atoms with Crippen molar-refractivity contribution in [3.8, 4) is 0 Å². The van der Waals surface area contributed by atoms with Crippen molar-refractivity contribution in [2.75, 3.05) is 6.54 Å². The van der Waals surface area contributed by atoms with E-state index < -0.39 is 4.92 Å². The highest BCUT2D eigenvalue weighted by Crippen LogP contribution is 2.21. The molecule has 0 aliphatic carbocycles. The van der Waals surface area contributed by atoms with Gasteiger partial charge in [0, 0.05) is 12.6 Å². The SMILES string of the molecule is O=C(Cn1ccc([N+](=O)[O-])n1)N1CCCC[C@@H]1Cc1ccc(F)cc1. The van der Waals surface area contributed by atoms with Crippen LogP contribution >= 0.6 is 0 Å². The minimum Gasteiger partial charge on any atom is -0.358 e. The zero-order chi connectivity index (χ0) is 17.8. The van der Waals surface area contributed by atoms with Gasteiger partial charge in [0.1, 0.15) is 12.4 Å². The minimum absolute atomic E-state index is 0.0201. The third-order valence-corrected chi connectivity index (χ3v) is 4.44. The number of nitrogens with zero attached hydrogens (tertiary/aromatic N) is 4. The zero-order valence-electron chi connectivity index (χ0n) is 13.7. The maximum atomic E-state index is 13.0. The van der Waals surface area contributed by atoms with Crippen LogP contribution in [0.5, 0.6) is 0 Å². The molecule has 7 nitrogen and oxygen atoms in total. The number of likely N-dealkylation sites (tertiary alicyclic amines) is 1. The van der Waals surface area contributed by atoms with Crippen LogP contribution in [0, 0.1) is 15.9 Å². The number of piperidine rings is 1. The molecule has 8 heteroatoms. The molecule has 0 spiro atoms. The number of aromatic nitrogens is 2. The summed E-state index contributed by atoms with van der Waals surface area (Å²) in [7, 11) is 0. The van der Waals surface area contributed by atoms with Gasteiger partial charge in [0.2, 0.25) is 5.91 Å². The number of benzene rings is 1. The summed E-state index contributed by atoms with van der Waals surface area (Å²) in [6.07, 6.45) is 4.98. The number of nitro groups is 1. The van der Waals surface area contributed by atoms with E-state index in [1.54, 1.807) is 12.1 Å². The third kappa shape index (κ3) is 4.20. The Labute approximate surface area is 144 Å². The summed E-state index contributed by atoms with van der Waals surface area (Å²) < 4.78 is 14.3. The van der Waals surface area contributed by atoms with E-state index in [1.165, 1.54) is 29.1 Å². The van der Waals surface area contributed by atoms with Crippen molar-refractivity contribution >= 4 is 11.7 Å². The van der Waals surface area contributed by atoms with Crippen molar-refractivity contribution in [2.24, 2.45) is 0 Å². The summed E-state index contributed by atoms with van der Waals surface area (Å²) in [6, 6.07) is 7.66. The van der Waals surface area contributed by atoms with Crippen molar-refractivity contribution in [2.45, 2.75) is 38.3 Å². The van der Waals surface area contributed by atoms with Crippen molar-refractivity contribution in [3.05, 3.63) is 58.0 Å². The molecule has 3 rings (SSSR count). The number of hydrogen-bond acceptors (Lipinski definition) is 4. The summed E-state index contributed by atoms with van der Waals surface area (Å²) in [5, 5.41) is 14.5. The van der Waals surface area contributed by atoms with E-state index in [0.29, 0.717) is 13.0 Å². The Morgan fingerprint density at radius 3 is 2.72 bits per heavy atom. The number of carbonyl (C=O) groups excluding carboxylic acids is 1. The molecule has 0 bridgehead atoms. The van der Waals surface area contributed by atoms with Crippen LogP contribution in [0.1, 0.15) is 24.8 Å². The molecule has 1 atom stereocenters. The number of carbonyl (C=O) groups is 1. The molecular weight excluding hydrogens is 327 g/mol. The molecule has 0 unspecified atom stereocenters. The minimum atomic E-state index is -0.584. The Bertz CT molecular complexity index is 760. The van der Waals surface area contributed by atoms with Gasteiger partial charge in [-0.25, -0.2) is 4.39 Å².